The summed E-state index contributed by atoms with van der Waals surface area (Å²) in [5.74, 6) is 0.935. The highest BCUT2D eigenvalue weighted by atomic mass is 19.1. The fourth-order valence-electron chi connectivity index (χ4n) is 7.09. The first-order chi connectivity index (χ1) is 29.8. The molecule has 0 fully saturated rings. The van der Waals surface area contributed by atoms with E-state index in [0.717, 1.165) is 0 Å². The van der Waals surface area contributed by atoms with E-state index in [1.54, 1.807) is 30.6 Å². The second-order valence-electron chi connectivity index (χ2n) is 13.8. The number of aromatic amines is 2. The minimum Gasteiger partial charge on any atom is -0.358 e. The maximum atomic E-state index is 14.5. The molecule has 2 atom stereocenters. The highest BCUT2D eigenvalue weighted by Crippen LogP contribution is 2.27. The van der Waals surface area contributed by atoms with Crippen molar-refractivity contribution in [3.05, 3.63) is 166 Å². The van der Waals surface area contributed by atoms with Crippen molar-refractivity contribution in [1.29, 1.82) is 0 Å². The van der Waals surface area contributed by atoms with E-state index < -0.39 is 23.2 Å². The number of hydrogen-bond donors (Lipinski definition) is 4. The Kier molecular flexibility index (Phi) is 10.1. The fourth-order valence-corrected chi connectivity index (χ4v) is 7.09. The maximum absolute atomic E-state index is 14.5. The van der Waals surface area contributed by atoms with Gasteiger partial charge in [0, 0.05) is 0 Å². The van der Waals surface area contributed by atoms with Crippen molar-refractivity contribution in [2.75, 3.05) is 10.6 Å². The van der Waals surface area contributed by atoms with Crippen LogP contribution in [0.2, 0.25) is 0 Å². The molecular formula is C43H34F2N14O2. The van der Waals surface area contributed by atoms with E-state index in [9.17, 15) is 18.4 Å². The average Bonchev–Trinajstić information content (AvgIpc) is 3.98. The Balaban J connectivity index is 0.000000156. The Morgan fingerprint density at radius 1 is 0.639 bits per heavy atom. The predicted molar refractivity (Wildman–Crippen MR) is 227 cm³/mol. The third-order valence-electron chi connectivity index (χ3n) is 9.98. The number of para-hydroxylation sites is 2. The first-order valence-electron chi connectivity index (χ1n) is 19.1. The molecule has 6 aromatic heterocycles. The van der Waals surface area contributed by atoms with Crippen LogP contribution in [0, 0.1) is 11.6 Å². The first kappa shape index (κ1) is 38.2. The summed E-state index contributed by atoms with van der Waals surface area (Å²) in [5, 5.41) is 6.81. The summed E-state index contributed by atoms with van der Waals surface area (Å²) in [6.45, 7) is 3.85. The lowest BCUT2D eigenvalue weighted by molar-refractivity contribution is 0.628. The summed E-state index contributed by atoms with van der Waals surface area (Å²) in [5.41, 5.74) is 3.54. The lowest BCUT2D eigenvalue weighted by Gasteiger charge is -2.22. The van der Waals surface area contributed by atoms with Crippen LogP contribution >= 0.6 is 0 Å². The topological polar surface area (TPSA) is 203 Å². The van der Waals surface area contributed by atoms with Crippen LogP contribution in [0.5, 0.6) is 0 Å². The van der Waals surface area contributed by atoms with E-state index in [0.29, 0.717) is 74.4 Å². The summed E-state index contributed by atoms with van der Waals surface area (Å²) in [6.07, 6.45) is 6.52. The van der Waals surface area contributed by atoms with Crippen LogP contribution in [-0.2, 0) is 0 Å². The molecule has 0 radical (unpaired) electrons. The number of aromatic nitrogens is 12. The third kappa shape index (κ3) is 7.26. The lowest BCUT2D eigenvalue weighted by Crippen LogP contribution is -2.28. The molecule has 10 rings (SSSR count). The molecule has 0 bridgehead atoms. The molecule has 0 saturated heterocycles. The van der Waals surface area contributed by atoms with Gasteiger partial charge in [-0.25, -0.2) is 48.7 Å². The van der Waals surface area contributed by atoms with E-state index in [-0.39, 0.29) is 22.4 Å². The van der Waals surface area contributed by atoms with Gasteiger partial charge in [-0.2, -0.15) is 0 Å². The van der Waals surface area contributed by atoms with Crippen molar-refractivity contribution in [3.8, 4) is 11.4 Å². The molecule has 0 saturated carbocycles. The Morgan fingerprint density at radius 3 is 1.85 bits per heavy atom. The summed E-state index contributed by atoms with van der Waals surface area (Å²) >= 11 is 0. The van der Waals surface area contributed by atoms with E-state index in [2.05, 4.69) is 55.5 Å². The summed E-state index contributed by atoms with van der Waals surface area (Å²) < 4.78 is 31.3. The molecule has 0 aliphatic carbocycles. The number of nitrogens with one attached hydrogen (secondary N) is 4. The largest absolute Gasteiger partial charge is 0.358 e. The normalized spacial score (nSPS) is 12.3. The van der Waals surface area contributed by atoms with Gasteiger partial charge >= 0.3 is 0 Å². The van der Waals surface area contributed by atoms with Crippen molar-refractivity contribution >= 4 is 55.8 Å². The van der Waals surface area contributed by atoms with Crippen molar-refractivity contribution in [2.45, 2.75) is 32.4 Å². The predicted octanol–water partition coefficient (Wildman–Crippen LogP) is 7.12. The van der Waals surface area contributed by atoms with E-state index in [1.807, 2.05) is 62.4 Å². The van der Waals surface area contributed by atoms with E-state index in [4.69, 9.17) is 4.98 Å². The number of H-pyrrole nitrogens is 2. The molecular weight excluding hydrogens is 783 g/mol. The Labute approximate surface area is 343 Å². The molecule has 0 aliphatic heterocycles. The summed E-state index contributed by atoms with van der Waals surface area (Å²) in [7, 11) is 0. The molecule has 0 unspecified atom stereocenters. The second kappa shape index (κ2) is 16.2. The number of fused-ring (bicyclic) bond motifs is 4. The van der Waals surface area contributed by atoms with Gasteiger partial charge in [0.25, 0.3) is 11.1 Å². The molecule has 302 valence electrons. The summed E-state index contributed by atoms with van der Waals surface area (Å²) in [4.78, 5) is 67.3. The van der Waals surface area contributed by atoms with Crippen molar-refractivity contribution < 1.29 is 8.78 Å². The maximum Gasteiger partial charge on any atom is 0.269 e. The highest BCUT2D eigenvalue weighted by molar-refractivity contribution is 5.83. The number of benzene rings is 4. The van der Waals surface area contributed by atoms with Crippen molar-refractivity contribution in [1.82, 2.24) is 59.0 Å². The van der Waals surface area contributed by atoms with Gasteiger partial charge in [-0.15, -0.1) is 0 Å². The van der Waals surface area contributed by atoms with Crippen LogP contribution in [0.25, 0.3) is 55.5 Å². The third-order valence-corrected chi connectivity index (χ3v) is 9.98. The minimum atomic E-state index is -0.595. The van der Waals surface area contributed by atoms with Gasteiger partial charge in [-0.1, -0.05) is 49.4 Å². The fraction of sp³-hybridized carbons (Fsp3) is 0.116. The minimum absolute atomic E-state index is 0.0389. The van der Waals surface area contributed by atoms with Crippen LogP contribution in [0.1, 0.15) is 44.0 Å². The van der Waals surface area contributed by atoms with Gasteiger partial charge in [0.15, 0.2) is 22.9 Å². The first-order valence-corrected chi connectivity index (χ1v) is 19.1. The van der Waals surface area contributed by atoms with Crippen LogP contribution in [0.4, 0.5) is 20.4 Å². The zero-order chi connectivity index (χ0) is 42.0. The second-order valence-corrected chi connectivity index (χ2v) is 13.8. The molecule has 0 aliphatic rings. The van der Waals surface area contributed by atoms with Crippen LogP contribution < -0.4 is 21.8 Å². The zero-order valence-corrected chi connectivity index (χ0v) is 32.5. The Bertz CT molecular complexity index is 3320. The monoisotopic (exact) mass is 816 g/mol. The van der Waals surface area contributed by atoms with Gasteiger partial charge < -0.3 is 20.6 Å². The highest BCUT2D eigenvalue weighted by Gasteiger charge is 2.24. The van der Waals surface area contributed by atoms with Crippen LogP contribution in [-0.4, -0.2) is 59.0 Å². The molecule has 4 N–H and O–H groups in total. The van der Waals surface area contributed by atoms with E-state index in [1.165, 1.54) is 52.4 Å². The molecule has 6 heterocycles. The zero-order valence-electron chi connectivity index (χ0n) is 32.5. The smallest absolute Gasteiger partial charge is 0.269 e. The molecule has 4 aromatic carbocycles. The lowest BCUT2D eigenvalue weighted by atomic mass is 10.1. The molecule has 0 amide bonds. The van der Waals surface area contributed by atoms with Crippen LogP contribution in [0.3, 0.4) is 0 Å². The molecule has 61 heavy (non-hydrogen) atoms. The number of halogens is 2. The number of hydrogen-bond acceptors (Lipinski definition) is 12. The van der Waals surface area contributed by atoms with Gasteiger partial charge in [-0.05, 0) is 67.9 Å². The number of anilines is 2. The van der Waals surface area contributed by atoms with Gasteiger partial charge in [0.05, 0.1) is 52.5 Å². The Morgan fingerprint density at radius 2 is 1.23 bits per heavy atom. The van der Waals surface area contributed by atoms with Crippen LogP contribution in [0.15, 0.2) is 132 Å². The number of rotatable bonds is 9. The standard InChI is InChI=1S/C22H18FN7O.C21H16FN7O/c1-2-15(28-20-18-19(25-11-24-18)26-12-27-20)21-29-16-10-6-9-14(23)17(16)22(31)30(21)13-7-4-3-5-8-13;1-12(27-19-17-18(24-10-23-17)25-11-26-19)20-28-16-8-7-13(22)9-15(16)21(30)29(20)14-5-3-2-4-6-14/h3-12,15H,2H2,1H3,(H2,24,25,26,27,28);2-12H,1H3,(H2,23,24,25,26,27)/t15-;12-/m00/s1. The number of nitrogens with zero attached hydrogens (tertiary/aromatic N) is 10. The van der Waals surface area contributed by atoms with Crippen molar-refractivity contribution in [2.24, 2.45) is 0 Å². The van der Waals surface area contributed by atoms with Gasteiger partial charge in [0.1, 0.15) is 52.4 Å². The molecule has 18 heteroatoms. The number of imidazole rings is 2. The van der Waals surface area contributed by atoms with Crippen molar-refractivity contribution in [3.63, 3.8) is 0 Å². The average molecular weight is 817 g/mol. The molecule has 16 nitrogen and oxygen atoms in total. The Hall–Kier alpha value is -8.28. The van der Waals surface area contributed by atoms with Gasteiger partial charge in [0.2, 0.25) is 0 Å². The molecule has 0 spiro atoms. The van der Waals surface area contributed by atoms with Gasteiger partial charge in [-0.3, -0.25) is 18.7 Å². The van der Waals surface area contributed by atoms with E-state index >= 15 is 0 Å². The quantitative estimate of drug-likeness (QED) is 0.115. The summed E-state index contributed by atoms with van der Waals surface area (Å²) in [6, 6.07) is 25.9. The molecule has 10 aromatic rings. The SMILES string of the molecule is CC[C@H](Nc1ncnc2nc[nH]c12)c1nc2cccc(F)c2c(=O)n1-c1ccccc1.C[C@H](Nc1ncnc2nc[nH]c12)c1nc2ccc(F)cc2c(=O)n1-c1ccccc1.